The van der Waals surface area contributed by atoms with Crippen molar-refractivity contribution in [3.8, 4) is 0 Å². The molecule has 0 spiro atoms. The molecule has 1 saturated heterocycles. The quantitative estimate of drug-likeness (QED) is 0.456. The van der Waals surface area contributed by atoms with Gasteiger partial charge in [0.25, 0.3) is 11.7 Å². The molecule has 6 nitrogen and oxygen atoms in total. The summed E-state index contributed by atoms with van der Waals surface area (Å²) in [5.41, 5.74) is 0.795. The summed E-state index contributed by atoms with van der Waals surface area (Å²) in [5.74, 6) is -1.72. The predicted octanol–water partition coefficient (Wildman–Crippen LogP) is 3.37. The number of amides is 1. The van der Waals surface area contributed by atoms with Gasteiger partial charge in [-0.15, -0.1) is 0 Å². The van der Waals surface area contributed by atoms with Crippen molar-refractivity contribution >= 4 is 40.7 Å². The average Bonchev–Trinajstić information content (AvgIpc) is 2.93. The fraction of sp³-hybridized carbons (Fsp3) is 0.250. The third-order valence-electron chi connectivity index (χ3n) is 4.49. The summed E-state index contributed by atoms with van der Waals surface area (Å²) in [4.78, 5) is 33.2. The molecule has 2 aromatic rings. The fourth-order valence-corrected chi connectivity index (χ4v) is 3.36. The molecule has 0 bridgehead atoms. The summed E-state index contributed by atoms with van der Waals surface area (Å²) in [7, 11) is 3.75. The molecule has 28 heavy (non-hydrogen) atoms. The van der Waals surface area contributed by atoms with Gasteiger partial charge in [0.2, 0.25) is 0 Å². The van der Waals surface area contributed by atoms with Crippen LogP contribution in [0, 0.1) is 0 Å². The molecule has 1 aromatic carbocycles. The van der Waals surface area contributed by atoms with Crippen molar-refractivity contribution in [3.05, 3.63) is 69.5 Å². The van der Waals surface area contributed by atoms with Gasteiger partial charge in [-0.2, -0.15) is 0 Å². The largest absolute Gasteiger partial charge is 0.507 e. The summed E-state index contributed by atoms with van der Waals surface area (Å²) in [6.07, 6.45) is 1.58. The zero-order chi connectivity index (χ0) is 20.4. The Hall–Kier alpha value is -2.41. The van der Waals surface area contributed by atoms with E-state index in [1.165, 1.54) is 17.0 Å². The number of halogens is 2. The van der Waals surface area contributed by atoms with Gasteiger partial charge in [-0.25, -0.2) is 0 Å². The van der Waals surface area contributed by atoms with Crippen LogP contribution in [0.25, 0.3) is 5.76 Å². The van der Waals surface area contributed by atoms with Crippen LogP contribution in [0.5, 0.6) is 0 Å². The highest BCUT2D eigenvalue weighted by atomic mass is 35.5. The Morgan fingerprint density at radius 2 is 1.93 bits per heavy atom. The Morgan fingerprint density at radius 3 is 2.54 bits per heavy atom. The number of likely N-dealkylation sites (tertiary alicyclic amines) is 1. The number of ketones is 1. The Bertz CT molecular complexity index is 945. The first-order valence-electron chi connectivity index (χ1n) is 8.60. The van der Waals surface area contributed by atoms with E-state index in [0.29, 0.717) is 29.4 Å². The van der Waals surface area contributed by atoms with E-state index in [-0.39, 0.29) is 16.4 Å². The van der Waals surface area contributed by atoms with Crippen molar-refractivity contribution in [3.63, 3.8) is 0 Å². The molecule has 146 valence electrons. The number of aromatic nitrogens is 1. The maximum Gasteiger partial charge on any atom is 0.295 e. The molecule has 1 atom stereocenters. The third kappa shape index (κ3) is 3.90. The first-order valence-corrected chi connectivity index (χ1v) is 9.36. The number of nitrogens with zero attached hydrogens (tertiary/aromatic N) is 3. The molecule has 1 unspecified atom stereocenters. The first kappa shape index (κ1) is 20.3. The van der Waals surface area contributed by atoms with E-state index in [1.54, 1.807) is 30.5 Å². The van der Waals surface area contributed by atoms with Crippen molar-refractivity contribution in [2.24, 2.45) is 0 Å². The number of carbonyl (C=O) groups is 2. The smallest absolute Gasteiger partial charge is 0.295 e. The highest BCUT2D eigenvalue weighted by molar-refractivity contribution is 6.46. The molecule has 1 fully saturated rings. The molecule has 2 heterocycles. The zero-order valence-corrected chi connectivity index (χ0v) is 16.9. The zero-order valence-electron chi connectivity index (χ0n) is 15.4. The van der Waals surface area contributed by atoms with Gasteiger partial charge in [0.15, 0.2) is 0 Å². The Kier molecular flexibility index (Phi) is 6.03. The van der Waals surface area contributed by atoms with Crippen LogP contribution in [-0.4, -0.2) is 58.8 Å². The van der Waals surface area contributed by atoms with Crippen molar-refractivity contribution < 1.29 is 14.7 Å². The van der Waals surface area contributed by atoms with Crippen molar-refractivity contribution in [2.75, 3.05) is 27.2 Å². The Balaban J connectivity index is 2.14. The van der Waals surface area contributed by atoms with Gasteiger partial charge in [-0.1, -0.05) is 29.3 Å². The topological polar surface area (TPSA) is 73.7 Å². The monoisotopic (exact) mass is 419 g/mol. The molecule has 1 aliphatic heterocycles. The van der Waals surface area contributed by atoms with Crippen LogP contribution in [0.4, 0.5) is 0 Å². The van der Waals surface area contributed by atoms with Gasteiger partial charge < -0.3 is 14.9 Å². The summed E-state index contributed by atoms with van der Waals surface area (Å²) in [6, 6.07) is 8.99. The maximum atomic E-state index is 12.8. The normalized spacial score (nSPS) is 18.9. The van der Waals surface area contributed by atoms with Crippen LogP contribution < -0.4 is 0 Å². The van der Waals surface area contributed by atoms with Gasteiger partial charge in [-0.05, 0) is 44.4 Å². The predicted molar refractivity (Wildman–Crippen MR) is 108 cm³/mol. The molecular weight excluding hydrogens is 401 g/mol. The summed E-state index contributed by atoms with van der Waals surface area (Å²) in [6.45, 7) is 0.875. The molecule has 3 rings (SSSR count). The number of benzene rings is 1. The minimum Gasteiger partial charge on any atom is -0.507 e. The lowest BCUT2D eigenvalue weighted by Crippen LogP contribution is -2.35. The number of carbonyl (C=O) groups excluding carboxylic acids is 2. The SMILES string of the molecule is CN(C)CCN1C(=O)C(=O)/C(=C(\O)c2ccc(Cl)c(Cl)c2)C1c1ccccn1. The van der Waals surface area contributed by atoms with E-state index in [4.69, 9.17) is 23.2 Å². The summed E-state index contributed by atoms with van der Waals surface area (Å²) >= 11 is 12.0. The van der Waals surface area contributed by atoms with E-state index in [1.807, 2.05) is 19.0 Å². The van der Waals surface area contributed by atoms with E-state index >= 15 is 0 Å². The second-order valence-corrected chi connectivity index (χ2v) is 7.49. The fourth-order valence-electron chi connectivity index (χ4n) is 3.06. The number of aliphatic hydroxyl groups excluding tert-OH is 1. The molecule has 1 aliphatic rings. The molecule has 0 saturated carbocycles. The summed E-state index contributed by atoms with van der Waals surface area (Å²) < 4.78 is 0. The number of Topliss-reactive ketones (excluding diaryl/α,β-unsaturated/α-hetero) is 1. The number of rotatable bonds is 5. The molecule has 1 aromatic heterocycles. The molecular formula is C20H19Cl2N3O3. The standard InChI is InChI=1S/C20H19Cl2N3O3/c1-24(2)9-10-25-17(15-5-3-4-8-23-15)16(19(27)20(25)28)18(26)12-6-7-13(21)14(22)11-12/h3-8,11,17,26H,9-10H2,1-2H3/b18-16-. The lowest BCUT2D eigenvalue weighted by Gasteiger charge is -2.25. The number of hydrogen-bond donors (Lipinski definition) is 1. The van der Waals surface area contributed by atoms with Crippen LogP contribution in [0.15, 0.2) is 48.2 Å². The number of hydrogen-bond acceptors (Lipinski definition) is 5. The van der Waals surface area contributed by atoms with Crippen LogP contribution in [-0.2, 0) is 9.59 Å². The van der Waals surface area contributed by atoms with Gasteiger partial charge in [0, 0.05) is 24.8 Å². The first-order chi connectivity index (χ1) is 13.3. The Labute approximate surface area is 173 Å². The van der Waals surface area contributed by atoms with E-state index in [2.05, 4.69) is 4.98 Å². The van der Waals surface area contributed by atoms with E-state index in [0.717, 1.165) is 0 Å². The van der Waals surface area contributed by atoms with Crippen LogP contribution >= 0.6 is 23.2 Å². The van der Waals surface area contributed by atoms with Crippen molar-refractivity contribution in [1.82, 2.24) is 14.8 Å². The Morgan fingerprint density at radius 1 is 1.18 bits per heavy atom. The average molecular weight is 420 g/mol. The minimum absolute atomic E-state index is 0.0131. The third-order valence-corrected chi connectivity index (χ3v) is 5.23. The van der Waals surface area contributed by atoms with Gasteiger partial charge in [0.05, 0.1) is 21.3 Å². The van der Waals surface area contributed by atoms with Gasteiger partial charge in [0.1, 0.15) is 11.8 Å². The second-order valence-electron chi connectivity index (χ2n) is 6.68. The van der Waals surface area contributed by atoms with E-state index in [9.17, 15) is 14.7 Å². The number of aliphatic hydroxyl groups is 1. The van der Waals surface area contributed by atoms with Crippen LogP contribution in [0.1, 0.15) is 17.3 Å². The lowest BCUT2D eigenvalue weighted by atomic mass is 9.98. The minimum atomic E-state index is -0.782. The van der Waals surface area contributed by atoms with Crippen LogP contribution in [0.2, 0.25) is 10.0 Å². The van der Waals surface area contributed by atoms with Crippen molar-refractivity contribution in [1.29, 1.82) is 0 Å². The molecule has 0 radical (unpaired) electrons. The lowest BCUT2D eigenvalue weighted by molar-refractivity contribution is -0.140. The van der Waals surface area contributed by atoms with Gasteiger partial charge in [-0.3, -0.25) is 14.6 Å². The van der Waals surface area contributed by atoms with E-state index < -0.39 is 17.7 Å². The summed E-state index contributed by atoms with van der Waals surface area (Å²) in [5, 5.41) is 11.5. The van der Waals surface area contributed by atoms with Crippen LogP contribution in [0.3, 0.4) is 0 Å². The highest BCUT2D eigenvalue weighted by Crippen LogP contribution is 2.39. The second kappa shape index (κ2) is 8.31. The highest BCUT2D eigenvalue weighted by Gasteiger charge is 2.46. The number of pyridine rings is 1. The van der Waals surface area contributed by atoms with Crippen molar-refractivity contribution in [2.45, 2.75) is 6.04 Å². The molecule has 8 heteroatoms. The molecule has 0 aliphatic carbocycles. The maximum absolute atomic E-state index is 12.8. The number of likely N-dealkylation sites (N-methyl/N-ethyl adjacent to an activating group) is 1. The molecule has 1 amide bonds. The van der Waals surface area contributed by atoms with Gasteiger partial charge >= 0.3 is 0 Å². The molecule has 1 N–H and O–H groups in total.